The lowest BCUT2D eigenvalue weighted by Gasteiger charge is -2.28. The molecule has 3 N–H and O–H groups in total. The third-order valence-corrected chi connectivity index (χ3v) is 6.19. The van der Waals surface area contributed by atoms with E-state index in [1.165, 1.54) is 0 Å². The zero-order valence-corrected chi connectivity index (χ0v) is 18.8. The number of rotatable bonds is 5. The molecule has 8 heteroatoms. The van der Waals surface area contributed by atoms with Crippen LogP contribution in [0.5, 0.6) is 11.5 Å². The zero-order chi connectivity index (χ0) is 23.5. The fourth-order valence-corrected chi connectivity index (χ4v) is 4.37. The van der Waals surface area contributed by atoms with E-state index in [0.29, 0.717) is 22.7 Å². The molecule has 0 unspecified atom stereocenters. The second-order valence-corrected chi connectivity index (χ2v) is 8.46. The van der Waals surface area contributed by atoms with Gasteiger partial charge < -0.3 is 15.0 Å². The van der Waals surface area contributed by atoms with Crippen LogP contribution in [0.2, 0.25) is 0 Å². The van der Waals surface area contributed by atoms with Crippen molar-refractivity contribution in [3.8, 4) is 17.6 Å². The third-order valence-electron chi connectivity index (χ3n) is 6.19. The SMILES string of the molecule is Cc1c[nH]c2nc[nH+]c(N3CCC(C(=O)Nc4cccc(Oc5ccc(C#N)cc5)c4)CC3)c12. The Kier molecular flexibility index (Phi) is 5.83. The molecule has 1 aliphatic heterocycles. The van der Waals surface area contributed by atoms with E-state index < -0.39 is 0 Å². The van der Waals surface area contributed by atoms with E-state index in [-0.39, 0.29) is 11.8 Å². The third kappa shape index (κ3) is 4.41. The summed E-state index contributed by atoms with van der Waals surface area (Å²) in [6, 6.07) is 16.4. The van der Waals surface area contributed by atoms with Gasteiger partial charge in [0.1, 0.15) is 16.9 Å². The van der Waals surface area contributed by atoms with Gasteiger partial charge in [-0.15, -0.1) is 0 Å². The minimum Gasteiger partial charge on any atom is -0.457 e. The molecule has 0 spiro atoms. The molecular weight excluding hydrogens is 428 g/mol. The van der Waals surface area contributed by atoms with Crippen molar-refractivity contribution in [2.45, 2.75) is 19.8 Å². The number of aryl methyl sites for hydroxylation is 1. The Labute approximate surface area is 197 Å². The van der Waals surface area contributed by atoms with Crippen LogP contribution in [-0.4, -0.2) is 29.0 Å². The molecule has 1 saturated heterocycles. The van der Waals surface area contributed by atoms with Crippen molar-refractivity contribution < 1.29 is 14.5 Å². The van der Waals surface area contributed by atoms with E-state index in [0.717, 1.165) is 48.3 Å². The Hall–Kier alpha value is -4.38. The predicted molar refractivity (Wildman–Crippen MR) is 129 cm³/mol. The summed E-state index contributed by atoms with van der Waals surface area (Å²) in [6.45, 7) is 3.65. The summed E-state index contributed by atoms with van der Waals surface area (Å²) in [4.78, 5) is 26.1. The van der Waals surface area contributed by atoms with Crippen molar-refractivity contribution in [2.24, 2.45) is 5.92 Å². The van der Waals surface area contributed by atoms with Crippen molar-refractivity contribution in [3.05, 3.63) is 72.2 Å². The lowest BCUT2D eigenvalue weighted by atomic mass is 9.95. The van der Waals surface area contributed by atoms with Crippen molar-refractivity contribution in [3.63, 3.8) is 0 Å². The van der Waals surface area contributed by atoms with Crippen molar-refractivity contribution >= 4 is 28.4 Å². The summed E-state index contributed by atoms with van der Waals surface area (Å²) in [6.07, 6.45) is 5.22. The number of amides is 1. The van der Waals surface area contributed by atoms with Crippen LogP contribution in [0, 0.1) is 24.2 Å². The number of benzene rings is 2. The largest absolute Gasteiger partial charge is 0.457 e. The van der Waals surface area contributed by atoms with Crippen molar-refractivity contribution in [1.82, 2.24) is 9.97 Å². The van der Waals surface area contributed by atoms with Crippen LogP contribution in [0.3, 0.4) is 0 Å². The van der Waals surface area contributed by atoms with Gasteiger partial charge in [-0.25, -0.2) is 4.98 Å². The molecule has 0 radical (unpaired) electrons. The molecule has 8 nitrogen and oxygen atoms in total. The molecule has 0 bridgehead atoms. The highest BCUT2D eigenvalue weighted by Crippen LogP contribution is 2.29. The Morgan fingerprint density at radius 1 is 1.21 bits per heavy atom. The van der Waals surface area contributed by atoms with Crippen molar-refractivity contribution in [1.29, 1.82) is 5.26 Å². The van der Waals surface area contributed by atoms with Gasteiger partial charge in [0.15, 0.2) is 0 Å². The fourth-order valence-electron chi connectivity index (χ4n) is 4.37. The zero-order valence-electron chi connectivity index (χ0n) is 18.8. The van der Waals surface area contributed by atoms with Gasteiger partial charge in [0.25, 0.3) is 0 Å². The number of aromatic amines is 2. The number of aromatic nitrogens is 3. The van der Waals surface area contributed by atoms with E-state index in [1.807, 2.05) is 30.5 Å². The number of nitrogens with one attached hydrogen (secondary N) is 3. The van der Waals surface area contributed by atoms with E-state index in [9.17, 15) is 4.79 Å². The molecule has 5 rings (SSSR count). The summed E-state index contributed by atoms with van der Waals surface area (Å²) in [5, 5.41) is 13.1. The van der Waals surface area contributed by atoms with Crippen LogP contribution in [-0.2, 0) is 4.79 Å². The van der Waals surface area contributed by atoms with Crippen LogP contribution >= 0.6 is 0 Å². The topological polar surface area (TPSA) is 108 Å². The molecule has 1 amide bonds. The maximum Gasteiger partial charge on any atom is 0.234 e. The normalized spacial score (nSPS) is 14.1. The molecule has 3 heterocycles. The highest BCUT2D eigenvalue weighted by Gasteiger charge is 2.30. The molecule has 2 aromatic carbocycles. The highest BCUT2D eigenvalue weighted by molar-refractivity contribution is 5.93. The lowest BCUT2D eigenvalue weighted by Crippen LogP contribution is -2.40. The van der Waals surface area contributed by atoms with Crippen LogP contribution < -0.4 is 19.9 Å². The molecule has 0 atom stereocenters. The van der Waals surface area contributed by atoms with Gasteiger partial charge in [-0.3, -0.25) is 9.69 Å². The number of piperidine rings is 1. The van der Waals surface area contributed by atoms with Crippen LogP contribution in [0.4, 0.5) is 11.5 Å². The Morgan fingerprint density at radius 2 is 2.00 bits per heavy atom. The standard InChI is InChI=1S/C26H24N6O2/c1-17-15-28-24-23(17)25(30-16-29-24)32-11-9-19(10-12-32)26(33)31-20-3-2-4-22(13-20)34-21-7-5-18(14-27)6-8-21/h2-8,13,15-16,19H,9-12H2,1H3,(H,31,33)(H,28,29,30)/p+1. The minimum atomic E-state index is -0.0519. The monoisotopic (exact) mass is 453 g/mol. The Bertz CT molecular complexity index is 1360. The first kappa shape index (κ1) is 21.5. The lowest BCUT2D eigenvalue weighted by molar-refractivity contribution is -0.367. The molecule has 1 fully saturated rings. The average molecular weight is 454 g/mol. The Balaban J connectivity index is 1.20. The van der Waals surface area contributed by atoms with Gasteiger partial charge in [-0.2, -0.15) is 5.26 Å². The predicted octanol–water partition coefficient (Wildman–Crippen LogP) is 4.20. The second-order valence-electron chi connectivity index (χ2n) is 8.46. The number of carbonyl (C=O) groups is 1. The number of nitrogens with zero attached hydrogens (tertiary/aromatic N) is 3. The summed E-state index contributed by atoms with van der Waals surface area (Å²) in [7, 11) is 0. The molecule has 4 aromatic rings. The maximum absolute atomic E-state index is 13.0. The molecule has 2 aromatic heterocycles. The summed E-state index contributed by atoms with van der Waals surface area (Å²) >= 11 is 0. The van der Waals surface area contributed by atoms with Crippen LogP contribution in [0.1, 0.15) is 24.0 Å². The van der Waals surface area contributed by atoms with E-state index >= 15 is 0 Å². The molecular formula is C26H25N6O2+. The van der Waals surface area contributed by atoms with Gasteiger partial charge in [-0.05, 0) is 61.7 Å². The minimum absolute atomic E-state index is 0.0249. The quantitative estimate of drug-likeness (QED) is 0.471. The number of carbonyl (C=O) groups excluding carboxylic acids is 1. The first-order valence-electron chi connectivity index (χ1n) is 11.3. The number of nitriles is 1. The van der Waals surface area contributed by atoms with Crippen molar-refractivity contribution in [2.75, 3.05) is 23.3 Å². The van der Waals surface area contributed by atoms with E-state index in [1.54, 1.807) is 30.6 Å². The first-order chi connectivity index (χ1) is 16.6. The molecule has 34 heavy (non-hydrogen) atoms. The number of hydrogen-bond acceptors (Lipinski definition) is 5. The van der Waals surface area contributed by atoms with Gasteiger partial charge in [-0.1, -0.05) is 11.1 Å². The van der Waals surface area contributed by atoms with Crippen LogP contribution in [0.15, 0.2) is 61.1 Å². The number of anilines is 2. The Morgan fingerprint density at radius 3 is 2.76 bits per heavy atom. The summed E-state index contributed by atoms with van der Waals surface area (Å²) < 4.78 is 5.87. The van der Waals surface area contributed by atoms with Gasteiger partial charge in [0.2, 0.25) is 23.7 Å². The number of H-pyrrole nitrogens is 2. The number of fused-ring (bicyclic) bond motifs is 1. The molecule has 1 aliphatic rings. The fraction of sp³-hybridized carbons (Fsp3) is 0.231. The molecule has 0 aliphatic carbocycles. The molecule has 170 valence electrons. The van der Waals surface area contributed by atoms with E-state index in [4.69, 9.17) is 10.00 Å². The smallest absolute Gasteiger partial charge is 0.234 e. The number of hydrogen-bond donors (Lipinski definition) is 2. The highest BCUT2D eigenvalue weighted by atomic mass is 16.5. The molecule has 0 saturated carbocycles. The van der Waals surface area contributed by atoms with Gasteiger partial charge >= 0.3 is 0 Å². The second kappa shape index (κ2) is 9.24. The van der Waals surface area contributed by atoms with Crippen LogP contribution in [0.25, 0.3) is 11.0 Å². The maximum atomic E-state index is 13.0. The van der Waals surface area contributed by atoms with Gasteiger partial charge in [0, 0.05) is 23.9 Å². The number of ether oxygens (including phenoxy) is 1. The average Bonchev–Trinajstić information content (AvgIpc) is 3.26. The first-order valence-corrected chi connectivity index (χ1v) is 11.3. The summed E-state index contributed by atoms with van der Waals surface area (Å²) in [5.74, 6) is 2.28. The van der Waals surface area contributed by atoms with Gasteiger partial charge in [0.05, 0.1) is 24.7 Å². The summed E-state index contributed by atoms with van der Waals surface area (Å²) in [5.41, 5.74) is 3.30. The van der Waals surface area contributed by atoms with E-state index in [2.05, 4.69) is 38.2 Å².